The van der Waals surface area contributed by atoms with Gasteiger partial charge in [0.1, 0.15) is 11.6 Å². The van der Waals surface area contributed by atoms with E-state index in [1.807, 2.05) is 6.26 Å². The second-order valence-corrected chi connectivity index (χ2v) is 6.14. The van der Waals surface area contributed by atoms with Crippen LogP contribution in [0.4, 0.5) is 11.6 Å². The van der Waals surface area contributed by atoms with Gasteiger partial charge in [-0.2, -0.15) is 0 Å². The van der Waals surface area contributed by atoms with Crippen LogP contribution in [-0.2, 0) is 10.0 Å². The molecule has 7 nitrogen and oxygen atoms in total. The van der Waals surface area contributed by atoms with Crippen molar-refractivity contribution in [3.05, 3.63) is 6.07 Å². The number of thioether (sulfide) groups is 1. The Labute approximate surface area is 111 Å². The molecule has 0 atom stereocenters. The summed E-state index contributed by atoms with van der Waals surface area (Å²) in [5.41, 5.74) is 0. The Balaban J connectivity index is 2.67. The van der Waals surface area contributed by atoms with Crippen LogP contribution in [0.25, 0.3) is 0 Å². The first kappa shape index (κ1) is 15.0. The average Bonchev–Trinajstić information content (AvgIpc) is 2.38. The summed E-state index contributed by atoms with van der Waals surface area (Å²) >= 11 is 1.42. The molecule has 0 aliphatic rings. The Morgan fingerprint density at radius 1 is 1.28 bits per heavy atom. The Hall–Kier alpha value is -1.06. The average molecular weight is 291 g/mol. The van der Waals surface area contributed by atoms with E-state index in [9.17, 15) is 8.42 Å². The number of hydrogen-bond acceptors (Lipinski definition) is 7. The zero-order chi connectivity index (χ0) is 13.6. The van der Waals surface area contributed by atoms with Gasteiger partial charge in [-0.25, -0.2) is 23.1 Å². The van der Waals surface area contributed by atoms with Gasteiger partial charge in [-0.15, -0.1) is 0 Å². The second kappa shape index (κ2) is 6.76. The third-order valence-corrected chi connectivity index (χ3v) is 4.04. The molecule has 1 heterocycles. The zero-order valence-electron chi connectivity index (χ0n) is 10.5. The summed E-state index contributed by atoms with van der Waals surface area (Å²) in [5, 5.41) is 6.51. The SMILES string of the molecule is CNc1cc(NCCS(=O)(=O)NC)nc(SC)n1. The van der Waals surface area contributed by atoms with Crippen molar-refractivity contribution >= 4 is 33.4 Å². The molecule has 0 saturated heterocycles. The lowest BCUT2D eigenvalue weighted by molar-refractivity contribution is 0.588. The first-order valence-electron chi connectivity index (χ1n) is 5.26. The van der Waals surface area contributed by atoms with Crippen LogP contribution >= 0.6 is 11.8 Å². The molecule has 0 aromatic carbocycles. The third-order valence-electron chi connectivity index (χ3n) is 2.13. The lowest BCUT2D eigenvalue weighted by Crippen LogP contribution is -2.26. The topological polar surface area (TPSA) is 96.0 Å². The van der Waals surface area contributed by atoms with Crippen LogP contribution in [0.2, 0.25) is 0 Å². The molecular formula is C9H17N5O2S2. The van der Waals surface area contributed by atoms with Crippen molar-refractivity contribution in [2.45, 2.75) is 5.16 Å². The molecule has 0 radical (unpaired) electrons. The lowest BCUT2D eigenvalue weighted by atomic mass is 10.5. The molecule has 0 spiro atoms. The molecule has 3 N–H and O–H groups in total. The quantitative estimate of drug-likeness (QED) is 0.488. The molecule has 9 heteroatoms. The van der Waals surface area contributed by atoms with Crippen LogP contribution in [0.15, 0.2) is 11.2 Å². The normalized spacial score (nSPS) is 11.3. The fourth-order valence-electron chi connectivity index (χ4n) is 1.15. The van der Waals surface area contributed by atoms with E-state index in [1.54, 1.807) is 13.1 Å². The van der Waals surface area contributed by atoms with E-state index in [0.717, 1.165) is 0 Å². The predicted molar refractivity (Wildman–Crippen MR) is 74.7 cm³/mol. The molecule has 0 aliphatic carbocycles. The number of aromatic nitrogens is 2. The van der Waals surface area contributed by atoms with Gasteiger partial charge in [-0.05, 0) is 13.3 Å². The maximum Gasteiger partial charge on any atom is 0.213 e. The van der Waals surface area contributed by atoms with Gasteiger partial charge >= 0.3 is 0 Å². The molecule has 0 fully saturated rings. The molecule has 1 aromatic heterocycles. The molecule has 0 unspecified atom stereocenters. The van der Waals surface area contributed by atoms with Crippen molar-refractivity contribution in [2.24, 2.45) is 0 Å². The van der Waals surface area contributed by atoms with E-state index >= 15 is 0 Å². The molecule has 102 valence electrons. The first-order chi connectivity index (χ1) is 8.50. The number of rotatable bonds is 7. The minimum absolute atomic E-state index is 0.00299. The van der Waals surface area contributed by atoms with Gasteiger partial charge in [0, 0.05) is 19.7 Å². The van der Waals surface area contributed by atoms with E-state index in [2.05, 4.69) is 25.3 Å². The summed E-state index contributed by atoms with van der Waals surface area (Å²) in [6.45, 7) is 0.289. The van der Waals surface area contributed by atoms with Gasteiger partial charge in [0.2, 0.25) is 10.0 Å². The van der Waals surface area contributed by atoms with E-state index in [1.165, 1.54) is 18.8 Å². The minimum Gasteiger partial charge on any atom is -0.373 e. The van der Waals surface area contributed by atoms with Crippen molar-refractivity contribution in [1.29, 1.82) is 0 Å². The number of nitrogens with zero attached hydrogens (tertiary/aromatic N) is 2. The zero-order valence-corrected chi connectivity index (χ0v) is 12.2. The summed E-state index contributed by atoms with van der Waals surface area (Å²) in [5.74, 6) is 1.29. The molecule has 0 aliphatic heterocycles. The van der Waals surface area contributed by atoms with Gasteiger partial charge in [0.15, 0.2) is 5.16 Å². The minimum atomic E-state index is -3.20. The van der Waals surface area contributed by atoms with Gasteiger partial charge in [-0.3, -0.25) is 0 Å². The number of nitrogens with one attached hydrogen (secondary N) is 3. The van der Waals surface area contributed by atoms with Gasteiger partial charge in [-0.1, -0.05) is 11.8 Å². The fourth-order valence-corrected chi connectivity index (χ4v) is 2.10. The van der Waals surface area contributed by atoms with E-state index in [0.29, 0.717) is 16.8 Å². The van der Waals surface area contributed by atoms with E-state index in [4.69, 9.17) is 0 Å². The summed E-state index contributed by atoms with van der Waals surface area (Å²) < 4.78 is 24.7. The van der Waals surface area contributed by atoms with Crippen LogP contribution in [0.5, 0.6) is 0 Å². The first-order valence-corrected chi connectivity index (χ1v) is 8.14. The third kappa shape index (κ3) is 4.67. The summed E-state index contributed by atoms with van der Waals surface area (Å²) in [6, 6.07) is 1.73. The molecule has 0 amide bonds. The van der Waals surface area contributed by atoms with Crippen molar-refractivity contribution in [3.8, 4) is 0 Å². The monoisotopic (exact) mass is 291 g/mol. The molecular weight excluding hydrogens is 274 g/mol. The van der Waals surface area contributed by atoms with Gasteiger partial charge < -0.3 is 10.6 Å². The molecule has 1 rings (SSSR count). The van der Waals surface area contributed by atoms with Crippen LogP contribution < -0.4 is 15.4 Å². The van der Waals surface area contributed by atoms with Gasteiger partial charge in [0.25, 0.3) is 0 Å². The van der Waals surface area contributed by atoms with Crippen molar-refractivity contribution in [2.75, 3.05) is 43.3 Å². The summed E-state index contributed by atoms with van der Waals surface area (Å²) in [7, 11) is -0.0384. The highest BCUT2D eigenvalue weighted by Gasteiger charge is 2.07. The predicted octanol–water partition coefficient (Wildman–Crippen LogP) is 0.201. The van der Waals surface area contributed by atoms with E-state index < -0.39 is 10.0 Å². The van der Waals surface area contributed by atoms with Crippen molar-refractivity contribution in [1.82, 2.24) is 14.7 Å². The highest BCUT2D eigenvalue weighted by atomic mass is 32.2. The highest BCUT2D eigenvalue weighted by Crippen LogP contribution is 2.16. The summed E-state index contributed by atoms with van der Waals surface area (Å²) in [4.78, 5) is 8.44. The lowest BCUT2D eigenvalue weighted by Gasteiger charge is -2.08. The Morgan fingerprint density at radius 2 is 1.94 bits per heavy atom. The van der Waals surface area contributed by atoms with Crippen molar-refractivity contribution in [3.63, 3.8) is 0 Å². The molecule has 18 heavy (non-hydrogen) atoms. The molecule has 0 saturated carbocycles. The van der Waals surface area contributed by atoms with E-state index in [-0.39, 0.29) is 12.3 Å². The number of sulfonamides is 1. The molecule has 0 bridgehead atoms. The second-order valence-electron chi connectivity index (χ2n) is 3.32. The smallest absolute Gasteiger partial charge is 0.213 e. The Bertz CT molecular complexity index is 469. The maximum absolute atomic E-state index is 11.2. The number of hydrogen-bond donors (Lipinski definition) is 3. The maximum atomic E-state index is 11.2. The fraction of sp³-hybridized carbons (Fsp3) is 0.556. The Kier molecular flexibility index (Phi) is 5.63. The molecule has 1 aromatic rings. The van der Waals surface area contributed by atoms with Crippen LogP contribution in [0, 0.1) is 0 Å². The largest absolute Gasteiger partial charge is 0.373 e. The summed E-state index contributed by atoms with van der Waals surface area (Å²) in [6.07, 6.45) is 1.88. The highest BCUT2D eigenvalue weighted by molar-refractivity contribution is 7.98. The van der Waals surface area contributed by atoms with Gasteiger partial charge in [0.05, 0.1) is 5.75 Å². The van der Waals surface area contributed by atoms with Crippen LogP contribution in [0.1, 0.15) is 0 Å². The van der Waals surface area contributed by atoms with Crippen LogP contribution in [0.3, 0.4) is 0 Å². The number of anilines is 2. The van der Waals surface area contributed by atoms with Crippen molar-refractivity contribution < 1.29 is 8.42 Å². The standard InChI is InChI=1S/C9H17N5O2S2/c1-10-7-6-8(14-9(13-7)17-3)12-4-5-18(15,16)11-2/h6,11H,4-5H2,1-3H3,(H2,10,12,13,14). The van der Waals surface area contributed by atoms with Crippen LogP contribution in [-0.4, -0.2) is 51.0 Å². The Morgan fingerprint density at radius 3 is 2.50 bits per heavy atom.